The lowest BCUT2D eigenvalue weighted by atomic mass is 10.0. The van der Waals surface area contributed by atoms with Crippen LogP contribution >= 0.6 is 11.3 Å². The van der Waals surface area contributed by atoms with Crippen LogP contribution in [0, 0.1) is 6.92 Å². The normalized spacial score (nSPS) is 19.2. The molecule has 0 saturated carbocycles. The molecule has 0 radical (unpaired) electrons. The van der Waals surface area contributed by atoms with Gasteiger partial charge in [0.15, 0.2) is 5.13 Å². The Bertz CT molecular complexity index is 443. The average molecular weight is 281 g/mol. The van der Waals surface area contributed by atoms with Gasteiger partial charge in [-0.05, 0) is 54.4 Å². The summed E-state index contributed by atoms with van der Waals surface area (Å²) in [4.78, 5) is 8.64. The van der Waals surface area contributed by atoms with E-state index in [1.165, 1.54) is 28.5 Å². The van der Waals surface area contributed by atoms with Crippen molar-refractivity contribution >= 4 is 16.5 Å². The molecule has 0 aromatic carbocycles. The minimum atomic E-state index is 0.156. The maximum atomic E-state index is 4.79. The zero-order valence-electron chi connectivity index (χ0n) is 13.1. The second-order valence-corrected chi connectivity index (χ2v) is 8.24. The quantitative estimate of drug-likeness (QED) is 0.915. The number of anilines is 1. The highest BCUT2D eigenvalue weighted by Crippen LogP contribution is 2.37. The Morgan fingerprint density at radius 1 is 1.37 bits per heavy atom. The second-order valence-electron chi connectivity index (χ2n) is 7.18. The molecular formula is C15H27N3S. The molecule has 2 heterocycles. The Balaban J connectivity index is 2.13. The number of hydrogen-bond donors (Lipinski definition) is 1. The van der Waals surface area contributed by atoms with E-state index in [0.717, 1.165) is 13.1 Å². The van der Waals surface area contributed by atoms with E-state index < -0.39 is 0 Å². The standard InChI is InChI=1S/C15H27N3S/c1-11-12(10-16-14(2,3)4)19-13(17-11)18-9-7-8-15(18,5)6/h16H,7-10H2,1-6H3. The van der Waals surface area contributed by atoms with Gasteiger partial charge in [0.1, 0.15) is 0 Å². The van der Waals surface area contributed by atoms with Crippen molar-refractivity contribution in [1.82, 2.24) is 10.3 Å². The third-order valence-corrected chi connectivity index (χ3v) is 4.97. The summed E-state index contributed by atoms with van der Waals surface area (Å²) in [5.41, 5.74) is 1.60. The van der Waals surface area contributed by atoms with Crippen molar-refractivity contribution in [3.05, 3.63) is 10.6 Å². The molecule has 1 fully saturated rings. The number of aromatic nitrogens is 1. The van der Waals surface area contributed by atoms with E-state index in [2.05, 4.69) is 51.8 Å². The molecule has 0 spiro atoms. The van der Waals surface area contributed by atoms with Crippen LogP contribution in [0.2, 0.25) is 0 Å². The summed E-state index contributed by atoms with van der Waals surface area (Å²) in [6.45, 7) is 15.4. The van der Waals surface area contributed by atoms with Crippen LogP contribution in [0.3, 0.4) is 0 Å². The number of thiazole rings is 1. The van der Waals surface area contributed by atoms with E-state index in [0.29, 0.717) is 0 Å². The van der Waals surface area contributed by atoms with Gasteiger partial charge in [0.05, 0.1) is 5.69 Å². The number of nitrogens with zero attached hydrogens (tertiary/aromatic N) is 2. The number of aryl methyl sites for hydroxylation is 1. The van der Waals surface area contributed by atoms with Crippen molar-refractivity contribution < 1.29 is 0 Å². The van der Waals surface area contributed by atoms with Gasteiger partial charge in [-0.25, -0.2) is 4.98 Å². The largest absolute Gasteiger partial charge is 0.343 e. The smallest absolute Gasteiger partial charge is 0.186 e. The van der Waals surface area contributed by atoms with Gasteiger partial charge in [-0.1, -0.05) is 0 Å². The fourth-order valence-corrected chi connectivity index (χ4v) is 3.69. The lowest BCUT2D eigenvalue weighted by molar-refractivity contribution is 0.425. The third-order valence-electron chi connectivity index (χ3n) is 3.79. The van der Waals surface area contributed by atoms with Gasteiger partial charge < -0.3 is 10.2 Å². The fourth-order valence-electron chi connectivity index (χ4n) is 2.50. The molecule has 3 nitrogen and oxygen atoms in total. The molecule has 1 aliphatic rings. The van der Waals surface area contributed by atoms with Crippen molar-refractivity contribution in [2.45, 2.75) is 72.0 Å². The van der Waals surface area contributed by atoms with Crippen molar-refractivity contribution in [2.75, 3.05) is 11.4 Å². The molecule has 1 aromatic rings. The summed E-state index contributed by atoms with van der Waals surface area (Å²) in [6, 6.07) is 0. The molecule has 1 aliphatic heterocycles. The highest BCUT2D eigenvalue weighted by molar-refractivity contribution is 7.15. The Kier molecular flexibility index (Phi) is 3.94. The van der Waals surface area contributed by atoms with Gasteiger partial charge in [0.2, 0.25) is 0 Å². The molecule has 0 aliphatic carbocycles. The summed E-state index contributed by atoms with van der Waals surface area (Å²) in [5.74, 6) is 0. The topological polar surface area (TPSA) is 28.2 Å². The van der Waals surface area contributed by atoms with E-state index in [4.69, 9.17) is 4.98 Å². The predicted octanol–water partition coefficient (Wildman–Crippen LogP) is 3.72. The van der Waals surface area contributed by atoms with Gasteiger partial charge >= 0.3 is 0 Å². The van der Waals surface area contributed by atoms with Crippen LogP contribution in [-0.4, -0.2) is 22.6 Å². The predicted molar refractivity (Wildman–Crippen MR) is 84.1 cm³/mol. The molecule has 4 heteroatoms. The number of nitrogens with one attached hydrogen (secondary N) is 1. The van der Waals surface area contributed by atoms with Crippen LogP contribution in [-0.2, 0) is 6.54 Å². The summed E-state index contributed by atoms with van der Waals surface area (Å²) in [7, 11) is 0. The molecule has 1 N–H and O–H groups in total. The summed E-state index contributed by atoms with van der Waals surface area (Å²) >= 11 is 1.85. The van der Waals surface area contributed by atoms with Crippen LogP contribution in [0.15, 0.2) is 0 Å². The van der Waals surface area contributed by atoms with E-state index in [1.54, 1.807) is 0 Å². The van der Waals surface area contributed by atoms with Crippen molar-refractivity contribution in [1.29, 1.82) is 0 Å². The van der Waals surface area contributed by atoms with Gasteiger partial charge in [-0.3, -0.25) is 0 Å². The zero-order chi connectivity index (χ0) is 14.3. The molecule has 1 saturated heterocycles. The monoisotopic (exact) mass is 281 g/mol. The molecule has 2 rings (SSSR count). The first-order valence-electron chi connectivity index (χ1n) is 7.18. The van der Waals surface area contributed by atoms with Crippen molar-refractivity contribution in [3.8, 4) is 0 Å². The van der Waals surface area contributed by atoms with Crippen LogP contribution in [0.4, 0.5) is 5.13 Å². The molecule has 19 heavy (non-hydrogen) atoms. The fraction of sp³-hybridized carbons (Fsp3) is 0.800. The lowest BCUT2D eigenvalue weighted by Crippen LogP contribution is -2.38. The van der Waals surface area contributed by atoms with Crippen LogP contribution in [0.1, 0.15) is 58.0 Å². The molecule has 1 aromatic heterocycles. The molecule has 0 atom stereocenters. The Labute approximate surface area is 121 Å². The van der Waals surface area contributed by atoms with Gasteiger partial charge in [-0.2, -0.15) is 0 Å². The van der Waals surface area contributed by atoms with Crippen LogP contribution in [0.25, 0.3) is 0 Å². The first kappa shape index (κ1) is 14.8. The van der Waals surface area contributed by atoms with Crippen LogP contribution < -0.4 is 10.2 Å². The van der Waals surface area contributed by atoms with Gasteiger partial charge in [-0.15, -0.1) is 11.3 Å². The maximum Gasteiger partial charge on any atom is 0.186 e. The summed E-state index contributed by atoms with van der Waals surface area (Å²) < 4.78 is 0. The number of hydrogen-bond acceptors (Lipinski definition) is 4. The highest BCUT2D eigenvalue weighted by Gasteiger charge is 2.34. The minimum absolute atomic E-state index is 0.156. The molecule has 0 bridgehead atoms. The van der Waals surface area contributed by atoms with E-state index >= 15 is 0 Å². The average Bonchev–Trinajstić information content (AvgIpc) is 2.77. The molecule has 108 valence electrons. The van der Waals surface area contributed by atoms with Crippen molar-refractivity contribution in [3.63, 3.8) is 0 Å². The summed E-state index contributed by atoms with van der Waals surface area (Å²) in [5, 5.41) is 4.76. The molecule has 0 unspecified atom stereocenters. The first-order chi connectivity index (χ1) is 8.69. The van der Waals surface area contributed by atoms with E-state index in [9.17, 15) is 0 Å². The van der Waals surface area contributed by atoms with Crippen molar-refractivity contribution in [2.24, 2.45) is 0 Å². The summed E-state index contributed by atoms with van der Waals surface area (Å²) in [6.07, 6.45) is 2.54. The molecular weight excluding hydrogens is 254 g/mol. The third kappa shape index (κ3) is 3.48. The Morgan fingerprint density at radius 2 is 2.05 bits per heavy atom. The molecule has 0 amide bonds. The minimum Gasteiger partial charge on any atom is -0.343 e. The van der Waals surface area contributed by atoms with E-state index in [-0.39, 0.29) is 11.1 Å². The Hall–Kier alpha value is -0.610. The van der Waals surface area contributed by atoms with Gasteiger partial charge in [0, 0.05) is 29.0 Å². The highest BCUT2D eigenvalue weighted by atomic mass is 32.1. The maximum absolute atomic E-state index is 4.79. The SMILES string of the molecule is Cc1nc(N2CCCC2(C)C)sc1CNC(C)(C)C. The second kappa shape index (κ2) is 5.06. The first-order valence-corrected chi connectivity index (χ1v) is 8.00. The lowest BCUT2D eigenvalue weighted by Gasteiger charge is -2.31. The van der Waals surface area contributed by atoms with E-state index in [1.807, 2.05) is 11.3 Å². The van der Waals surface area contributed by atoms with Gasteiger partial charge in [0.25, 0.3) is 0 Å². The zero-order valence-corrected chi connectivity index (χ0v) is 13.9. The Morgan fingerprint density at radius 3 is 2.58 bits per heavy atom. The number of rotatable bonds is 3. The van der Waals surface area contributed by atoms with Crippen LogP contribution in [0.5, 0.6) is 0 Å².